The van der Waals surface area contributed by atoms with E-state index >= 15 is 0 Å². The standard InChI is InChI=1S/C7H10N2O2.C6H8N2O2.C5H7ClN2/c1-3-11-7(10)6-4-8-9(2)5-6;1-2-10-6(9)5-3-7-8-4-5;1-8-4-5(2-6)3-7-8/h4-5H,3H2,1-2H3;3-4H,2H2,1H3,(H,7,8);3-4H,2H2,1H3. The van der Waals surface area contributed by atoms with Gasteiger partial charge in [-0.3, -0.25) is 14.5 Å². The van der Waals surface area contributed by atoms with Crippen LogP contribution in [0.2, 0.25) is 0 Å². The van der Waals surface area contributed by atoms with Crippen LogP contribution in [0, 0.1) is 0 Å². The summed E-state index contributed by atoms with van der Waals surface area (Å²) in [6.45, 7) is 4.32. The number of aromatic amines is 1. The number of alkyl halides is 1. The zero-order valence-electron chi connectivity index (χ0n) is 16.8. The summed E-state index contributed by atoms with van der Waals surface area (Å²) in [4.78, 5) is 21.8. The lowest BCUT2D eigenvalue weighted by atomic mass is 10.4. The van der Waals surface area contributed by atoms with E-state index in [2.05, 4.69) is 25.1 Å². The molecule has 10 nitrogen and oxygen atoms in total. The molecule has 0 radical (unpaired) electrons. The maximum absolute atomic E-state index is 11.0. The Bertz CT molecular complexity index is 859. The van der Waals surface area contributed by atoms with E-state index in [0.717, 1.165) is 5.56 Å². The first-order valence-electron chi connectivity index (χ1n) is 8.76. The van der Waals surface area contributed by atoms with Gasteiger partial charge in [0.25, 0.3) is 0 Å². The quantitative estimate of drug-likeness (QED) is 0.493. The molecule has 0 fully saturated rings. The molecule has 0 aliphatic carbocycles. The van der Waals surface area contributed by atoms with Gasteiger partial charge in [0.05, 0.1) is 48.8 Å². The second-order valence-electron chi connectivity index (χ2n) is 5.49. The lowest BCUT2D eigenvalue weighted by molar-refractivity contribution is 0.0516. The van der Waals surface area contributed by atoms with Crippen LogP contribution >= 0.6 is 11.6 Å². The fourth-order valence-corrected chi connectivity index (χ4v) is 2.00. The summed E-state index contributed by atoms with van der Waals surface area (Å²) in [5, 5.41) is 13.9. The highest BCUT2D eigenvalue weighted by molar-refractivity contribution is 6.17. The average Bonchev–Trinajstić information content (AvgIpc) is 3.45. The van der Waals surface area contributed by atoms with Gasteiger partial charge in [-0.1, -0.05) is 0 Å². The number of aryl methyl sites for hydroxylation is 2. The minimum absolute atomic E-state index is 0.319. The fourth-order valence-electron chi connectivity index (χ4n) is 1.86. The molecule has 0 aromatic carbocycles. The van der Waals surface area contributed by atoms with Crippen molar-refractivity contribution in [2.24, 2.45) is 14.1 Å². The van der Waals surface area contributed by atoms with Gasteiger partial charge in [-0.25, -0.2) is 9.59 Å². The molecule has 0 unspecified atom stereocenters. The number of rotatable bonds is 5. The van der Waals surface area contributed by atoms with Crippen LogP contribution < -0.4 is 0 Å². The summed E-state index contributed by atoms with van der Waals surface area (Å²) in [7, 11) is 3.62. The largest absolute Gasteiger partial charge is 0.462 e. The smallest absolute Gasteiger partial charge is 0.341 e. The Kier molecular flexibility index (Phi) is 10.8. The van der Waals surface area contributed by atoms with Gasteiger partial charge >= 0.3 is 11.9 Å². The van der Waals surface area contributed by atoms with E-state index in [1.165, 1.54) is 18.6 Å². The van der Waals surface area contributed by atoms with Crippen LogP contribution in [-0.2, 0) is 29.4 Å². The monoisotopic (exact) mass is 424 g/mol. The van der Waals surface area contributed by atoms with Crippen LogP contribution in [0.3, 0.4) is 0 Å². The summed E-state index contributed by atoms with van der Waals surface area (Å²) in [5.41, 5.74) is 2.02. The Hall–Kier alpha value is -3.14. The highest BCUT2D eigenvalue weighted by atomic mass is 35.5. The third-order valence-electron chi connectivity index (χ3n) is 3.14. The Balaban J connectivity index is 0.000000220. The van der Waals surface area contributed by atoms with E-state index in [0.29, 0.717) is 30.2 Å². The maximum Gasteiger partial charge on any atom is 0.341 e. The Morgan fingerprint density at radius 3 is 1.93 bits per heavy atom. The van der Waals surface area contributed by atoms with E-state index in [-0.39, 0.29) is 11.9 Å². The number of nitrogens with one attached hydrogen (secondary N) is 1. The molecule has 0 amide bonds. The van der Waals surface area contributed by atoms with Crippen molar-refractivity contribution in [2.75, 3.05) is 13.2 Å². The predicted octanol–water partition coefficient (Wildman–Crippen LogP) is 2.34. The minimum Gasteiger partial charge on any atom is -0.462 e. The normalized spacial score (nSPS) is 9.55. The average molecular weight is 425 g/mol. The maximum atomic E-state index is 11.0. The molecule has 1 N–H and O–H groups in total. The van der Waals surface area contributed by atoms with Crippen molar-refractivity contribution < 1.29 is 19.1 Å². The van der Waals surface area contributed by atoms with Gasteiger partial charge in [0.2, 0.25) is 0 Å². The molecule has 29 heavy (non-hydrogen) atoms. The highest BCUT2D eigenvalue weighted by Crippen LogP contribution is 1.99. The first-order chi connectivity index (χ1) is 13.9. The number of nitrogens with zero attached hydrogens (tertiary/aromatic N) is 5. The second-order valence-corrected chi connectivity index (χ2v) is 5.75. The van der Waals surface area contributed by atoms with Gasteiger partial charge in [0.15, 0.2) is 0 Å². The number of carbonyl (C=O) groups excluding carboxylic acids is 2. The van der Waals surface area contributed by atoms with Crippen molar-refractivity contribution in [1.29, 1.82) is 0 Å². The van der Waals surface area contributed by atoms with Gasteiger partial charge in [-0.15, -0.1) is 11.6 Å². The molecule has 0 aliphatic rings. The number of esters is 2. The van der Waals surface area contributed by atoms with Crippen molar-refractivity contribution in [3.8, 4) is 0 Å². The molecule has 0 spiro atoms. The molecule has 3 heterocycles. The molecular weight excluding hydrogens is 400 g/mol. The summed E-state index contributed by atoms with van der Waals surface area (Å²) in [6, 6.07) is 0. The van der Waals surface area contributed by atoms with E-state index in [4.69, 9.17) is 16.3 Å². The van der Waals surface area contributed by atoms with Crippen LogP contribution in [0.25, 0.3) is 0 Å². The molecule has 11 heteroatoms. The van der Waals surface area contributed by atoms with Gasteiger partial charge < -0.3 is 9.47 Å². The topological polar surface area (TPSA) is 117 Å². The van der Waals surface area contributed by atoms with Gasteiger partial charge in [-0.05, 0) is 13.8 Å². The third kappa shape index (κ3) is 9.06. The first-order valence-corrected chi connectivity index (χ1v) is 9.29. The Labute approximate surface area is 173 Å². The van der Waals surface area contributed by atoms with Gasteiger partial charge in [0.1, 0.15) is 0 Å². The van der Waals surface area contributed by atoms with Crippen molar-refractivity contribution in [2.45, 2.75) is 19.7 Å². The summed E-state index contributed by atoms with van der Waals surface area (Å²) < 4.78 is 12.7. The second kappa shape index (κ2) is 13.1. The van der Waals surface area contributed by atoms with Gasteiger partial charge in [0, 0.05) is 38.2 Å². The predicted molar refractivity (Wildman–Crippen MR) is 106 cm³/mol. The van der Waals surface area contributed by atoms with Crippen molar-refractivity contribution in [3.05, 3.63) is 53.9 Å². The Morgan fingerprint density at radius 1 is 0.966 bits per heavy atom. The zero-order valence-corrected chi connectivity index (χ0v) is 17.6. The summed E-state index contributed by atoms with van der Waals surface area (Å²) >= 11 is 5.49. The summed E-state index contributed by atoms with van der Waals surface area (Å²) in [5.74, 6) is -0.106. The highest BCUT2D eigenvalue weighted by Gasteiger charge is 2.07. The number of halogens is 1. The number of hydrogen-bond donors (Lipinski definition) is 1. The van der Waals surface area contributed by atoms with Crippen LogP contribution in [0.5, 0.6) is 0 Å². The summed E-state index contributed by atoms with van der Waals surface area (Å²) in [6.07, 6.45) is 9.69. The molecule has 0 bridgehead atoms. The molecule has 0 saturated heterocycles. The minimum atomic E-state index is -0.337. The van der Waals surface area contributed by atoms with Crippen molar-refractivity contribution in [1.82, 2.24) is 29.8 Å². The van der Waals surface area contributed by atoms with Crippen LogP contribution in [0.1, 0.15) is 40.1 Å². The van der Waals surface area contributed by atoms with Crippen LogP contribution in [-0.4, -0.2) is 54.9 Å². The molecule has 3 aromatic heterocycles. The lowest BCUT2D eigenvalue weighted by Gasteiger charge is -1.95. The molecule has 3 aromatic rings. The fraction of sp³-hybridized carbons (Fsp3) is 0.389. The first kappa shape index (κ1) is 23.9. The van der Waals surface area contributed by atoms with Crippen molar-refractivity contribution in [3.63, 3.8) is 0 Å². The van der Waals surface area contributed by atoms with E-state index in [1.54, 1.807) is 42.7 Å². The molecule has 0 saturated carbocycles. The molecule has 3 rings (SSSR count). The third-order valence-corrected chi connectivity index (χ3v) is 3.45. The number of hydrogen-bond acceptors (Lipinski definition) is 7. The molecule has 0 aliphatic heterocycles. The number of ether oxygens (including phenoxy) is 2. The van der Waals surface area contributed by atoms with E-state index < -0.39 is 0 Å². The molecule has 0 atom stereocenters. The van der Waals surface area contributed by atoms with E-state index in [9.17, 15) is 9.59 Å². The van der Waals surface area contributed by atoms with Gasteiger partial charge in [-0.2, -0.15) is 15.3 Å². The number of carbonyl (C=O) groups is 2. The Morgan fingerprint density at radius 2 is 1.55 bits per heavy atom. The van der Waals surface area contributed by atoms with Crippen molar-refractivity contribution >= 4 is 23.5 Å². The van der Waals surface area contributed by atoms with Crippen LogP contribution in [0.15, 0.2) is 37.2 Å². The lowest BCUT2D eigenvalue weighted by Crippen LogP contribution is -2.02. The molecule has 158 valence electrons. The number of aromatic nitrogens is 6. The number of H-pyrrole nitrogens is 1. The molecular formula is C18H25ClN6O4. The zero-order chi connectivity index (χ0) is 21.6. The SMILES string of the molecule is CCOC(=O)c1cn[nH]c1.CCOC(=O)c1cnn(C)c1.Cn1cc(CCl)cn1. The van der Waals surface area contributed by atoms with E-state index in [1.807, 2.05) is 13.2 Å². The van der Waals surface area contributed by atoms with Crippen LogP contribution in [0.4, 0.5) is 0 Å².